The third-order valence-corrected chi connectivity index (χ3v) is 6.43. The van der Waals surface area contributed by atoms with Crippen molar-refractivity contribution in [2.45, 2.75) is 16.7 Å². The molecule has 0 amide bonds. The number of nitrogens with one attached hydrogen (secondary N) is 1. The highest BCUT2D eigenvalue weighted by Gasteiger charge is 2.17. The van der Waals surface area contributed by atoms with E-state index in [4.69, 9.17) is 0 Å². The molecule has 2 rings (SSSR count). The summed E-state index contributed by atoms with van der Waals surface area (Å²) < 4.78 is 29.3. The Bertz CT molecular complexity index is 678. The summed E-state index contributed by atoms with van der Waals surface area (Å²) in [5, 5.41) is 10.0. The molecule has 0 fully saturated rings. The molecule has 0 aliphatic heterocycles. The van der Waals surface area contributed by atoms with Crippen LogP contribution in [0.5, 0.6) is 0 Å². The zero-order valence-corrected chi connectivity index (χ0v) is 14.0. The number of aromatic nitrogens is 1. The van der Waals surface area contributed by atoms with Gasteiger partial charge in [-0.15, -0.1) is 11.3 Å². The van der Waals surface area contributed by atoms with Crippen LogP contribution in [0.1, 0.15) is 18.2 Å². The molecule has 1 atom stereocenters. The minimum absolute atomic E-state index is 0.185. The van der Waals surface area contributed by atoms with Crippen LogP contribution in [0.3, 0.4) is 0 Å². The van der Waals surface area contributed by atoms with Crippen LogP contribution in [0.25, 0.3) is 0 Å². The second-order valence-electron chi connectivity index (χ2n) is 4.30. The van der Waals surface area contributed by atoms with Gasteiger partial charge in [0.05, 0.1) is 9.89 Å². The number of aliphatic hydroxyl groups excluding tert-OH is 1. The number of hydrogen-bond acceptors (Lipinski definition) is 4. The Balaban J connectivity index is 1.91. The van der Waals surface area contributed by atoms with Gasteiger partial charge in [0.25, 0.3) is 0 Å². The molecule has 20 heavy (non-hydrogen) atoms. The topological polar surface area (TPSA) is 71.3 Å². The quantitative estimate of drug-likeness (QED) is 0.809. The normalized spacial score (nSPS) is 13.6. The van der Waals surface area contributed by atoms with Gasteiger partial charge in [0.2, 0.25) is 10.0 Å². The number of halogens is 1. The Morgan fingerprint density at radius 3 is 2.75 bits per heavy atom. The Morgan fingerprint density at radius 2 is 2.20 bits per heavy atom. The summed E-state index contributed by atoms with van der Waals surface area (Å²) in [5.41, 5.74) is 0.767. The van der Waals surface area contributed by atoms with Crippen LogP contribution in [-0.2, 0) is 17.1 Å². The lowest BCUT2D eigenvalue weighted by atomic mass is 10.2. The Kier molecular flexibility index (Phi) is 5.03. The van der Waals surface area contributed by atoms with Crippen LogP contribution in [0.2, 0.25) is 0 Å². The van der Waals surface area contributed by atoms with E-state index >= 15 is 0 Å². The fourth-order valence-electron chi connectivity index (χ4n) is 1.81. The summed E-state index contributed by atoms with van der Waals surface area (Å²) in [5.74, 6) is 0. The molecular formula is C12H15BrN2O3S2. The molecule has 0 saturated carbocycles. The number of nitrogens with zero attached hydrogens (tertiary/aromatic N) is 1. The molecule has 2 N–H and O–H groups in total. The van der Waals surface area contributed by atoms with Crippen molar-refractivity contribution >= 4 is 37.3 Å². The van der Waals surface area contributed by atoms with Crippen molar-refractivity contribution in [1.29, 1.82) is 0 Å². The van der Waals surface area contributed by atoms with Gasteiger partial charge in [-0.25, -0.2) is 13.1 Å². The molecule has 2 aromatic rings. The first-order chi connectivity index (χ1) is 9.40. The van der Waals surface area contributed by atoms with E-state index in [9.17, 15) is 13.5 Å². The lowest BCUT2D eigenvalue weighted by Crippen LogP contribution is -2.25. The van der Waals surface area contributed by atoms with Gasteiger partial charge < -0.3 is 9.67 Å². The maximum absolute atomic E-state index is 12.0. The Morgan fingerprint density at radius 1 is 1.45 bits per heavy atom. The lowest BCUT2D eigenvalue weighted by Gasteiger charge is -2.12. The van der Waals surface area contributed by atoms with E-state index in [1.165, 1.54) is 0 Å². The van der Waals surface area contributed by atoms with Crippen molar-refractivity contribution in [3.8, 4) is 0 Å². The third kappa shape index (κ3) is 3.70. The lowest BCUT2D eigenvalue weighted by molar-refractivity contribution is 0.161. The van der Waals surface area contributed by atoms with Gasteiger partial charge in [0.15, 0.2) is 0 Å². The highest BCUT2D eigenvalue weighted by atomic mass is 79.9. The van der Waals surface area contributed by atoms with Gasteiger partial charge in [-0.1, -0.05) is 0 Å². The first kappa shape index (κ1) is 15.7. The molecule has 0 aromatic carbocycles. The third-order valence-electron chi connectivity index (χ3n) is 2.85. The van der Waals surface area contributed by atoms with Crippen molar-refractivity contribution in [2.75, 3.05) is 6.54 Å². The summed E-state index contributed by atoms with van der Waals surface area (Å²) in [6.07, 6.45) is 1.47. The van der Waals surface area contributed by atoms with Gasteiger partial charge in [-0.05, 0) is 46.6 Å². The van der Waals surface area contributed by atoms with E-state index in [-0.39, 0.29) is 10.8 Å². The van der Waals surface area contributed by atoms with Gasteiger partial charge >= 0.3 is 0 Å². The van der Waals surface area contributed by atoms with Crippen molar-refractivity contribution in [1.82, 2.24) is 9.29 Å². The predicted octanol–water partition coefficient (Wildman–Crippen LogP) is 2.25. The zero-order chi connectivity index (χ0) is 14.8. The molecule has 0 aliphatic rings. The Hall–Kier alpha value is -0.670. The van der Waals surface area contributed by atoms with Gasteiger partial charge in [0, 0.05) is 25.5 Å². The molecule has 0 saturated heterocycles. The number of aryl methyl sites for hydroxylation is 1. The van der Waals surface area contributed by atoms with Gasteiger partial charge in [0.1, 0.15) is 4.21 Å². The van der Waals surface area contributed by atoms with E-state index in [1.54, 1.807) is 12.1 Å². The molecule has 0 bridgehead atoms. The SMILES string of the molecule is Cn1cccc1[C@H](O)CCNS(=O)(=O)c1ccc(Br)s1. The van der Waals surface area contributed by atoms with E-state index in [2.05, 4.69) is 20.7 Å². The number of rotatable bonds is 6. The van der Waals surface area contributed by atoms with Crippen LogP contribution < -0.4 is 4.72 Å². The Labute approximate surface area is 130 Å². The molecule has 8 heteroatoms. The minimum Gasteiger partial charge on any atom is -0.387 e. The number of thiophene rings is 1. The zero-order valence-electron chi connectivity index (χ0n) is 10.8. The minimum atomic E-state index is -3.49. The maximum atomic E-state index is 12.0. The van der Waals surface area contributed by atoms with Crippen LogP contribution in [0, 0.1) is 0 Å². The highest BCUT2D eigenvalue weighted by molar-refractivity contribution is 9.11. The number of hydrogen-bond donors (Lipinski definition) is 2. The van der Waals surface area contributed by atoms with Crippen molar-refractivity contribution in [3.05, 3.63) is 39.9 Å². The maximum Gasteiger partial charge on any atom is 0.250 e. The van der Waals surface area contributed by atoms with Crippen LogP contribution in [0.4, 0.5) is 0 Å². The second kappa shape index (κ2) is 6.40. The predicted molar refractivity (Wildman–Crippen MR) is 82.2 cm³/mol. The summed E-state index contributed by atoms with van der Waals surface area (Å²) in [7, 11) is -1.65. The number of sulfonamides is 1. The van der Waals surface area contributed by atoms with E-state index in [0.717, 1.165) is 20.8 Å². The molecule has 0 aliphatic carbocycles. The second-order valence-corrected chi connectivity index (χ2v) is 8.76. The van der Waals surface area contributed by atoms with Crippen LogP contribution in [-0.4, -0.2) is 24.6 Å². The molecular weight excluding hydrogens is 364 g/mol. The van der Waals surface area contributed by atoms with E-state index in [0.29, 0.717) is 6.42 Å². The average Bonchev–Trinajstić information content (AvgIpc) is 2.98. The summed E-state index contributed by atoms with van der Waals surface area (Å²) in [4.78, 5) is 0. The van der Waals surface area contributed by atoms with Gasteiger partial charge in [-0.3, -0.25) is 0 Å². The average molecular weight is 379 g/mol. The smallest absolute Gasteiger partial charge is 0.250 e. The monoisotopic (exact) mass is 378 g/mol. The summed E-state index contributed by atoms with van der Waals surface area (Å²) in [6.45, 7) is 0.185. The van der Waals surface area contributed by atoms with Crippen molar-refractivity contribution < 1.29 is 13.5 Å². The first-order valence-corrected chi connectivity index (χ1v) is 9.04. The first-order valence-electron chi connectivity index (χ1n) is 5.94. The fraction of sp³-hybridized carbons (Fsp3) is 0.333. The summed E-state index contributed by atoms with van der Waals surface area (Å²) >= 11 is 4.39. The molecule has 2 aromatic heterocycles. The highest BCUT2D eigenvalue weighted by Crippen LogP contribution is 2.26. The molecule has 2 heterocycles. The standard InChI is InChI=1S/C12H15BrN2O3S2/c1-15-8-2-3-9(15)10(16)6-7-14-20(17,18)12-5-4-11(13)19-12/h2-5,8,10,14,16H,6-7H2,1H3/t10-/m1/s1. The molecule has 0 spiro atoms. The van der Waals surface area contributed by atoms with Crippen molar-refractivity contribution in [3.63, 3.8) is 0 Å². The number of aliphatic hydroxyl groups is 1. The molecule has 110 valence electrons. The molecule has 5 nitrogen and oxygen atoms in total. The fourth-order valence-corrected chi connectivity index (χ4v) is 4.91. The van der Waals surface area contributed by atoms with E-state index < -0.39 is 16.1 Å². The largest absolute Gasteiger partial charge is 0.387 e. The van der Waals surface area contributed by atoms with Gasteiger partial charge in [-0.2, -0.15) is 0 Å². The van der Waals surface area contributed by atoms with Crippen molar-refractivity contribution in [2.24, 2.45) is 7.05 Å². The summed E-state index contributed by atoms with van der Waals surface area (Å²) in [6, 6.07) is 6.89. The van der Waals surface area contributed by atoms with Crippen LogP contribution >= 0.6 is 27.3 Å². The van der Waals surface area contributed by atoms with E-state index in [1.807, 2.05) is 29.9 Å². The molecule has 0 radical (unpaired) electrons. The van der Waals surface area contributed by atoms with Crippen LogP contribution in [0.15, 0.2) is 38.5 Å². The molecule has 0 unspecified atom stereocenters.